The fraction of sp³-hybridized carbons (Fsp3) is 0.500. The van der Waals surface area contributed by atoms with Crippen LogP contribution in [0.1, 0.15) is 13.8 Å². The standard InChI is InChI=1S/C12H19NO3/c1-8(9(2)15-3)13-10-5-6-12(16-4)11(14)7-10/h5-9,13-14H,1-4H3. The van der Waals surface area contributed by atoms with E-state index >= 15 is 0 Å². The summed E-state index contributed by atoms with van der Waals surface area (Å²) in [5, 5.41) is 12.8. The first kappa shape index (κ1) is 12.6. The van der Waals surface area contributed by atoms with Gasteiger partial charge in [-0.1, -0.05) is 0 Å². The Kier molecular flexibility index (Phi) is 4.43. The van der Waals surface area contributed by atoms with E-state index in [0.717, 1.165) is 5.69 Å². The van der Waals surface area contributed by atoms with Crippen molar-refractivity contribution in [1.82, 2.24) is 0 Å². The van der Waals surface area contributed by atoms with Gasteiger partial charge in [0.15, 0.2) is 11.5 Å². The van der Waals surface area contributed by atoms with Crippen LogP contribution in [-0.4, -0.2) is 31.5 Å². The van der Waals surface area contributed by atoms with E-state index < -0.39 is 0 Å². The molecule has 90 valence electrons. The van der Waals surface area contributed by atoms with Crippen LogP contribution in [0.2, 0.25) is 0 Å². The van der Waals surface area contributed by atoms with Crippen LogP contribution >= 0.6 is 0 Å². The van der Waals surface area contributed by atoms with Gasteiger partial charge >= 0.3 is 0 Å². The molecule has 0 fully saturated rings. The maximum absolute atomic E-state index is 9.60. The Hall–Kier alpha value is -1.42. The Labute approximate surface area is 96.2 Å². The average molecular weight is 225 g/mol. The summed E-state index contributed by atoms with van der Waals surface area (Å²) in [5.41, 5.74) is 0.842. The summed E-state index contributed by atoms with van der Waals surface area (Å²) in [6, 6.07) is 5.38. The Morgan fingerprint density at radius 2 is 1.94 bits per heavy atom. The van der Waals surface area contributed by atoms with Gasteiger partial charge in [-0.2, -0.15) is 0 Å². The zero-order valence-electron chi connectivity index (χ0n) is 10.2. The highest BCUT2D eigenvalue weighted by molar-refractivity contribution is 5.54. The molecule has 1 aromatic rings. The van der Waals surface area contributed by atoms with Crippen molar-refractivity contribution in [3.8, 4) is 11.5 Å². The third-order valence-corrected chi connectivity index (χ3v) is 2.65. The molecule has 2 atom stereocenters. The van der Waals surface area contributed by atoms with Gasteiger partial charge in [-0.3, -0.25) is 0 Å². The number of methoxy groups -OCH3 is 2. The van der Waals surface area contributed by atoms with Crippen LogP contribution in [0.5, 0.6) is 11.5 Å². The van der Waals surface area contributed by atoms with E-state index in [4.69, 9.17) is 9.47 Å². The second-order valence-corrected chi connectivity index (χ2v) is 3.76. The van der Waals surface area contributed by atoms with E-state index in [0.29, 0.717) is 5.75 Å². The summed E-state index contributed by atoms with van der Waals surface area (Å²) in [6.07, 6.45) is 0.101. The third-order valence-electron chi connectivity index (χ3n) is 2.65. The van der Waals surface area contributed by atoms with E-state index in [-0.39, 0.29) is 17.9 Å². The number of hydrogen-bond donors (Lipinski definition) is 2. The molecule has 0 aromatic heterocycles. The van der Waals surface area contributed by atoms with E-state index in [1.54, 1.807) is 19.2 Å². The minimum Gasteiger partial charge on any atom is -0.504 e. The fourth-order valence-electron chi connectivity index (χ4n) is 1.36. The van der Waals surface area contributed by atoms with Gasteiger partial charge in [0.2, 0.25) is 0 Å². The lowest BCUT2D eigenvalue weighted by atomic mass is 10.2. The zero-order chi connectivity index (χ0) is 12.1. The molecule has 0 heterocycles. The second-order valence-electron chi connectivity index (χ2n) is 3.76. The minimum absolute atomic E-state index is 0.101. The molecule has 0 saturated heterocycles. The van der Waals surface area contributed by atoms with Gasteiger partial charge in [0, 0.05) is 24.9 Å². The highest BCUT2D eigenvalue weighted by Gasteiger charge is 2.11. The third kappa shape index (κ3) is 3.03. The van der Waals surface area contributed by atoms with Gasteiger partial charge in [0.05, 0.1) is 13.2 Å². The van der Waals surface area contributed by atoms with E-state index in [1.807, 2.05) is 19.9 Å². The summed E-state index contributed by atoms with van der Waals surface area (Å²) < 4.78 is 10.2. The Morgan fingerprint density at radius 3 is 2.44 bits per heavy atom. The van der Waals surface area contributed by atoms with Crippen LogP contribution in [0.4, 0.5) is 5.69 Å². The van der Waals surface area contributed by atoms with Gasteiger partial charge < -0.3 is 19.9 Å². The summed E-state index contributed by atoms with van der Waals surface area (Å²) in [6.45, 7) is 4.01. The lowest BCUT2D eigenvalue weighted by molar-refractivity contribution is 0.106. The molecule has 0 aliphatic carbocycles. The van der Waals surface area contributed by atoms with Gasteiger partial charge in [-0.05, 0) is 26.0 Å². The van der Waals surface area contributed by atoms with Crippen molar-refractivity contribution in [2.45, 2.75) is 26.0 Å². The molecule has 0 saturated carbocycles. The van der Waals surface area contributed by atoms with Crippen molar-refractivity contribution in [3.63, 3.8) is 0 Å². The molecular formula is C12H19NO3. The molecule has 4 heteroatoms. The van der Waals surface area contributed by atoms with E-state index in [1.165, 1.54) is 7.11 Å². The number of nitrogens with one attached hydrogen (secondary N) is 1. The number of hydrogen-bond acceptors (Lipinski definition) is 4. The molecule has 0 aliphatic heterocycles. The van der Waals surface area contributed by atoms with E-state index in [9.17, 15) is 5.11 Å². The first-order valence-corrected chi connectivity index (χ1v) is 5.24. The van der Waals surface area contributed by atoms with Gasteiger partial charge in [-0.25, -0.2) is 0 Å². The number of phenols is 1. The minimum atomic E-state index is 0.101. The van der Waals surface area contributed by atoms with Crippen LogP contribution in [-0.2, 0) is 4.74 Å². The molecule has 1 rings (SSSR count). The van der Waals surface area contributed by atoms with Crippen molar-refractivity contribution in [2.75, 3.05) is 19.5 Å². The first-order chi connectivity index (χ1) is 7.58. The number of rotatable bonds is 5. The molecule has 2 unspecified atom stereocenters. The number of benzene rings is 1. The predicted octanol–water partition coefficient (Wildman–Crippen LogP) is 2.24. The van der Waals surface area contributed by atoms with E-state index in [2.05, 4.69) is 5.32 Å². The second kappa shape index (κ2) is 5.61. The zero-order valence-corrected chi connectivity index (χ0v) is 10.2. The molecule has 2 N–H and O–H groups in total. The number of anilines is 1. The van der Waals surface area contributed by atoms with Crippen LogP contribution < -0.4 is 10.1 Å². The smallest absolute Gasteiger partial charge is 0.160 e. The lowest BCUT2D eigenvalue weighted by Crippen LogP contribution is -2.29. The molecule has 0 spiro atoms. The quantitative estimate of drug-likeness (QED) is 0.807. The predicted molar refractivity (Wildman–Crippen MR) is 64.2 cm³/mol. The first-order valence-electron chi connectivity index (χ1n) is 5.24. The summed E-state index contributed by atoms with van der Waals surface area (Å²) in [4.78, 5) is 0. The summed E-state index contributed by atoms with van der Waals surface area (Å²) in [7, 11) is 3.20. The Balaban J connectivity index is 2.71. The van der Waals surface area contributed by atoms with Crippen molar-refractivity contribution < 1.29 is 14.6 Å². The van der Waals surface area contributed by atoms with Crippen molar-refractivity contribution in [1.29, 1.82) is 0 Å². The van der Waals surface area contributed by atoms with Crippen LogP contribution in [0.15, 0.2) is 18.2 Å². The summed E-state index contributed by atoms with van der Waals surface area (Å²) in [5.74, 6) is 0.600. The molecule has 1 aromatic carbocycles. The molecule has 0 bridgehead atoms. The lowest BCUT2D eigenvalue weighted by Gasteiger charge is -2.21. The highest BCUT2D eigenvalue weighted by atomic mass is 16.5. The van der Waals surface area contributed by atoms with Crippen molar-refractivity contribution in [2.24, 2.45) is 0 Å². The summed E-state index contributed by atoms with van der Waals surface area (Å²) >= 11 is 0. The van der Waals surface area contributed by atoms with Gasteiger partial charge in [0.25, 0.3) is 0 Å². The Morgan fingerprint density at radius 1 is 1.25 bits per heavy atom. The number of ether oxygens (including phenoxy) is 2. The van der Waals surface area contributed by atoms with Gasteiger partial charge in [-0.15, -0.1) is 0 Å². The topological polar surface area (TPSA) is 50.7 Å². The monoisotopic (exact) mass is 225 g/mol. The number of aromatic hydroxyl groups is 1. The normalized spacial score (nSPS) is 14.2. The molecule has 4 nitrogen and oxygen atoms in total. The maximum atomic E-state index is 9.60. The van der Waals surface area contributed by atoms with Gasteiger partial charge in [0.1, 0.15) is 0 Å². The average Bonchev–Trinajstić information content (AvgIpc) is 2.28. The van der Waals surface area contributed by atoms with Crippen LogP contribution in [0.25, 0.3) is 0 Å². The van der Waals surface area contributed by atoms with Crippen LogP contribution in [0, 0.1) is 0 Å². The molecular weight excluding hydrogens is 206 g/mol. The SMILES string of the molecule is COc1ccc(NC(C)C(C)OC)cc1O. The molecule has 0 aliphatic rings. The van der Waals surface area contributed by atoms with Crippen molar-refractivity contribution in [3.05, 3.63) is 18.2 Å². The van der Waals surface area contributed by atoms with Crippen molar-refractivity contribution >= 4 is 5.69 Å². The Bertz CT molecular complexity index is 341. The largest absolute Gasteiger partial charge is 0.504 e. The van der Waals surface area contributed by atoms with Crippen LogP contribution in [0.3, 0.4) is 0 Å². The number of phenolic OH excluding ortho intramolecular Hbond substituents is 1. The molecule has 0 radical (unpaired) electrons. The molecule has 0 amide bonds. The fourth-order valence-corrected chi connectivity index (χ4v) is 1.36. The molecule has 16 heavy (non-hydrogen) atoms. The highest BCUT2D eigenvalue weighted by Crippen LogP contribution is 2.28. The maximum Gasteiger partial charge on any atom is 0.160 e.